The number of guanidine groups is 1. The van der Waals surface area contributed by atoms with Crippen molar-refractivity contribution >= 4 is 17.6 Å². The quantitative estimate of drug-likeness (QED) is 0.417. The standard InChI is InChI=1S/C23H30N4O3/c1-17(28)26-20-5-4-6-22(15-20)30-14-12-25-23(24-2)27-13-11-19(16-27)18-7-9-21(29-3)10-8-18/h4-10,15,19H,11-14,16H2,1-3H3,(H,24,25)(H,26,28). The van der Waals surface area contributed by atoms with Gasteiger partial charge in [-0.15, -0.1) is 0 Å². The van der Waals surface area contributed by atoms with Crippen LogP contribution in [0.25, 0.3) is 0 Å². The Bertz CT molecular complexity index is 867. The van der Waals surface area contributed by atoms with Gasteiger partial charge in [-0.2, -0.15) is 0 Å². The predicted octanol–water partition coefficient (Wildman–Crippen LogP) is 3.10. The van der Waals surface area contributed by atoms with Gasteiger partial charge in [0.1, 0.15) is 18.1 Å². The van der Waals surface area contributed by atoms with E-state index in [1.54, 1.807) is 14.2 Å². The molecule has 7 heteroatoms. The summed E-state index contributed by atoms with van der Waals surface area (Å²) < 4.78 is 11.0. The summed E-state index contributed by atoms with van der Waals surface area (Å²) in [4.78, 5) is 17.9. The van der Waals surface area contributed by atoms with Crippen LogP contribution in [0.4, 0.5) is 5.69 Å². The summed E-state index contributed by atoms with van der Waals surface area (Å²) in [5.74, 6) is 2.88. The average Bonchev–Trinajstić information content (AvgIpc) is 3.23. The zero-order valence-corrected chi connectivity index (χ0v) is 17.9. The summed E-state index contributed by atoms with van der Waals surface area (Å²) >= 11 is 0. The summed E-state index contributed by atoms with van der Waals surface area (Å²) in [7, 11) is 3.49. The van der Waals surface area contributed by atoms with Crippen LogP contribution in [0.2, 0.25) is 0 Å². The molecule has 30 heavy (non-hydrogen) atoms. The van der Waals surface area contributed by atoms with Gasteiger partial charge < -0.3 is 25.0 Å². The smallest absolute Gasteiger partial charge is 0.221 e. The molecule has 0 bridgehead atoms. The Morgan fingerprint density at radius 1 is 1.20 bits per heavy atom. The molecule has 2 N–H and O–H groups in total. The number of amides is 1. The number of hydrogen-bond acceptors (Lipinski definition) is 4. The number of methoxy groups -OCH3 is 1. The molecule has 1 aliphatic rings. The van der Waals surface area contributed by atoms with E-state index in [1.165, 1.54) is 12.5 Å². The fourth-order valence-corrected chi connectivity index (χ4v) is 3.63. The van der Waals surface area contributed by atoms with E-state index in [0.717, 1.165) is 42.7 Å². The average molecular weight is 411 g/mol. The van der Waals surface area contributed by atoms with Gasteiger partial charge in [0, 0.05) is 44.7 Å². The highest BCUT2D eigenvalue weighted by Gasteiger charge is 2.25. The third kappa shape index (κ3) is 5.89. The minimum atomic E-state index is -0.101. The number of likely N-dealkylation sites (tertiary alicyclic amines) is 1. The largest absolute Gasteiger partial charge is 0.497 e. The molecule has 0 spiro atoms. The normalized spacial score (nSPS) is 16.3. The molecule has 1 aliphatic heterocycles. The van der Waals surface area contributed by atoms with Gasteiger partial charge in [-0.1, -0.05) is 18.2 Å². The van der Waals surface area contributed by atoms with Gasteiger partial charge in [-0.25, -0.2) is 0 Å². The first-order valence-corrected chi connectivity index (χ1v) is 10.2. The number of carbonyl (C=O) groups is 1. The van der Waals surface area contributed by atoms with Crippen LogP contribution in [-0.2, 0) is 4.79 Å². The maximum absolute atomic E-state index is 11.2. The molecule has 1 unspecified atom stereocenters. The first-order chi connectivity index (χ1) is 14.6. The lowest BCUT2D eigenvalue weighted by molar-refractivity contribution is -0.114. The van der Waals surface area contributed by atoms with Crippen LogP contribution < -0.4 is 20.1 Å². The van der Waals surface area contributed by atoms with Crippen molar-refractivity contribution < 1.29 is 14.3 Å². The van der Waals surface area contributed by atoms with Gasteiger partial charge in [0.2, 0.25) is 5.91 Å². The minimum absolute atomic E-state index is 0.101. The lowest BCUT2D eigenvalue weighted by atomic mass is 9.98. The Kier molecular flexibility index (Phi) is 7.54. The SMILES string of the molecule is CN=C(NCCOc1cccc(NC(C)=O)c1)N1CCC(c2ccc(OC)cc2)C1. The van der Waals surface area contributed by atoms with Crippen molar-refractivity contribution in [3.63, 3.8) is 0 Å². The van der Waals surface area contributed by atoms with Crippen LogP contribution in [0.1, 0.15) is 24.8 Å². The second-order valence-electron chi connectivity index (χ2n) is 7.24. The van der Waals surface area contributed by atoms with Crippen molar-refractivity contribution in [1.29, 1.82) is 0 Å². The first kappa shape index (κ1) is 21.5. The molecular formula is C23H30N4O3. The number of nitrogens with one attached hydrogen (secondary N) is 2. The Morgan fingerprint density at radius 3 is 2.70 bits per heavy atom. The Balaban J connectivity index is 1.45. The number of carbonyl (C=O) groups excluding carboxylic acids is 1. The fraction of sp³-hybridized carbons (Fsp3) is 0.391. The van der Waals surface area contributed by atoms with E-state index >= 15 is 0 Å². The monoisotopic (exact) mass is 410 g/mol. The van der Waals surface area contributed by atoms with Crippen LogP contribution in [-0.4, -0.2) is 57.2 Å². The van der Waals surface area contributed by atoms with E-state index < -0.39 is 0 Å². The summed E-state index contributed by atoms with van der Waals surface area (Å²) in [5, 5.41) is 6.14. The zero-order valence-electron chi connectivity index (χ0n) is 17.9. The third-order valence-corrected chi connectivity index (χ3v) is 5.10. The van der Waals surface area contributed by atoms with Gasteiger partial charge in [0.15, 0.2) is 5.96 Å². The summed E-state index contributed by atoms with van der Waals surface area (Å²) in [6.07, 6.45) is 1.10. The van der Waals surface area contributed by atoms with Gasteiger partial charge in [0.25, 0.3) is 0 Å². The summed E-state index contributed by atoms with van der Waals surface area (Å²) in [5.41, 5.74) is 2.06. The van der Waals surface area contributed by atoms with Crippen LogP contribution >= 0.6 is 0 Å². The molecule has 2 aromatic carbocycles. The number of benzene rings is 2. The molecule has 3 rings (SSSR count). The molecule has 1 saturated heterocycles. The molecule has 0 radical (unpaired) electrons. The molecule has 7 nitrogen and oxygen atoms in total. The van der Waals surface area contributed by atoms with E-state index in [0.29, 0.717) is 19.1 Å². The van der Waals surface area contributed by atoms with E-state index in [-0.39, 0.29) is 5.91 Å². The number of hydrogen-bond donors (Lipinski definition) is 2. The Labute approximate surface area is 178 Å². The van der Waals surface area contributed by atoms with Crippen LogP contribution in [0.3, 0.4) is 0 Å². The molecule has 160 valence electrons. The second kappa shape index (κ2) is 10.5. The van der Waals surface area contributed by atoms with Gasteiger partial charge in [-0.05, 0) is 36.2 Å². The van der Waals surface area contributed by atoms with Gasteiger partial charge >= 0.3 is 0 Å². The van der Waals surface area contributed by atoms with Crippen LogP contribution in [0.5, 0.6) is 11.5 Å². The molecule has 2 aromatic rings. The van der Waals surface area contributed by atoms with Crippen molar-refractivity contribution in [2.75, 3.05) is 45.7 Å². The maximum atomic E-state index is 11.2. The van der Waals surface area contributed by atoms with Crippen molar-refractivity contribution in [2.24, 2.45) is 4.99 Å². The lowest BCUT2D eigenvalue weighted by Crippen LogP contribution is -2.41. The van der Waals surface area contributed by atoms with Crippen LogP contribution in [0.15, 0.2) is 53.5 Å². The lowest BCUT2D eigenvalue weighted by Gasteiger charge is -2.22. The van der Waals surface area contributed by atoms with Gasteiger partial charge in [-0.3, -0.25) is 9.79 Å². The third-order valence-electron chi connectivity index (χ3n) is 5.10. The maximum Gasteiger partial charge on any atom is 0.221 e. The number of ether oxygens (including phenoxy) is 2. The molecule has 1 amide bonds. The van der Waals surface area contributed by atoms with E-state index in [2.05, 4.69) is 32.7 Å². The molecular weight excluding hydrogens is 380 g/mol. The Morgan fingerprint density at radius 2 is 2.00 bits per heavy atom. The van der Waals surface area contributed by atoms with Crippen molar-refractivity contribution in [3.05, 3.63) is 54.1 Å². The minimum Gasteiger partial charge on any atom is -0.497 e. The van der Waals surface area contributed by atoms with Crippen molar-refractivity contribution in [3.8, 4) is 11.5 Å². The highest BCUT2D eigenvalue weighted by Crippen LogP contribution is 2.28. The number of nitrogens with zero attached hydrogens (tertiary/aromatic N) is 2. The van der Waals surface area contributed by atoms with E-state index in [1.807, 2.05) is 36.4 Å². The summed E-state index contributed by atoms with van der Waals surface area (Å²) in [6, 6.07) is 15.7. The zero-order chi connectivity index (χ0) is 21.3. The molecule has 0 aromatic heterocycles. The molecule has 1 heterocycles. The highest BCUT2D eigenvalue weighted by molar-refractivity contribution is 5.88. The number of aliphatic imine (C=N–C) groups is 1. The van der Waals surface area contributed by atoms with E-state index in [9.17, 15) is 4.79 Å². The molecule has 0 aliphatic carbocycles. The Hall–Kier alpha value is -3.22. The highest BCUT2D eigenvalue weighted by atomic mass is 16.5. The fourth-order valence-electron chi connectivity index (χ4n) is 3.63. The van der Waals surface area contributed by atoms with Crippen molar-refractivity contribution in [1.82, 2.24) is 10.2 Å². The number of rotatable bonds is 7. The molecule has 0 saturated carbocycles. The first-order valence-electron chi connectivity index (χ1n) is 10.2. The molecule has 1 fully saturated rings. The number of anilines is 1. The topological polar surface area (TPSA) is 75.2 Å². The second-order valence-corrected chi connectivity index (χ2v) is 7.24. The van der Waals surface area contributed by atoms with Crippen molar-refractivity contribution in [2.45, 2.75) is 19.3 Å². The van der Waals surface area contributed by atoms with Gasteiger partial charge in [0.05, 0.1) is 13.7 Å². The van der Waals surface area contributed by atoms with Crippen LogP contribution in [0, 0.1) is 0 Å². The summed E-state index contributed by atoms with van der Waals surface area (Å²) in [6.45, 7) is 4.53. The van der Waals surface area contributed by atoms with E-state index in [4.69, 9.17) is 9.47 Å². The molecule has 1 atom stereocenters. The predicted molar refractivity (Wildman–Crippen MR) is 120 cm³/mol.